The van der Waals surface area contributed by atoms with Crippen LogP contribution in [0.1, 0.15) is 34.6 Å². The summed E-state index contributed by atoms with van der Waals surface area (Å²) in [5.41, 5.74) is -0.500. The maximum Gasteiger partial charge on any atom is 0.0779 e. The summed E-state index contributed by atoms with van der Waals surface area (Å²) >= 11 is 0. The zero-order valence-corrected chi connectivity index (χ0v) is 13.9. The standard InChI is InChI=1S/C6H14O3.C4H10O3.C4H10O/c1-5(8)4-9-6(2)3-7;5-1-3-7-4-2-6;1-4(2,3)5/h5-8H,3-4H2,1-2H3;5-6H,1-4H2;5H,1-3H3. The molecular weight excluding hydrogens is 280 g/mol. The van der Waals surface area contributed by atoms with E-state index in [1.54, 1.807) is 34.6 Å². The van der Waals surface area contributed by atoms with Gasteiger partial charge in [0.1, 0.15) is 0 Å². The van der Waals surface area contributed by atoms with Crippen LogP contribution in [0.2, 0.25) is 0 Å². The predicted molar refractivity (Wildman–Crippen MR) is 81.1 cm³/mol. The van der Waals surface area contributed by atoms with Gasteiger partial charge < -0.3 is 35.0 Å². The van der Waals surface area contributed by atoms with E-state index >= 15 is 0 Å². The summed E-state index contributed by atoms with van der Waals surface area (Å²) < 4.78 is 9.58. The molecule has 0 rings (SSSR count). The molecule has 0 aliphatic carbocycles. The van der Waals surface area contributed by atoms with E-state index in [0.717, 1.165) is 0 Å². The van der Waals surface area contributed by atoms with Crippen molar-refractivity contribution in [3.63, 3.8) is 0 Å². The van der Waals surface area contributed by atoms with Gasteiger partial charge >= 0.3 is 0 Å². The Kier molecular flexibility index (Phi) is 21.7. The van der Waals surface area contributed by atoms with E-state index in [-0.39, 0.29) is 25.9 Å². The average molecular weight is 314 g/mol. The van der Waals surface area contributed by atoms with E-state index in [9.17, 15) is 0 Å². The smallest absolute Gasteiger partial charge is 0.0779 e. The van der Waals surface area contributed by atoms with Gasteiger partial charge in [-0.05, 0) is 34.6 Å². The fourth-order valence-corrected chi connectivity index (χ4v) is 0.587. The molecule has 0 aromatic rings. The van der Waals surface area contributed by atoms with Gasteiger partial charge in [0.2, 0.25) is 0 Å². The summed E-state index contributed by atoms with van der Waals surface area (Å²) in [5.74, 6) is 0. The number of hydrogen-bond acceptors (Lipinski definition) is 7. The molecule has 0 bridgehead atoms. The van der Waals surface area contributed by atoms with Crippen molar-refractivity contribution in [2.45, 2.75) is 52.4 Å². The van der Waals surface area contributed by atoms with Gasteiger partial charge in [-0.1, -0.05) is 0 Å². The van der Waals surface area contributed by atoms with E-state index in [4.69, 9.17) is 30.3 Å². The fourth-order valence-electron chi connectivity index (χ4n) is 0.587. The molecule has 0 heterocycles. The average Bonchev–Trinajstić information content (AvgIpc) is 2.35. The Hall–Kier alpha value is -0.280. The summed E-state index contributed by atoms with van der Waals surface area (Å²) in [7, 11) is 0. The second kappa shape index (κ2) is 17.8. The van der Waals surface area contributed by atoms with E-state index in [1.165, 1.54) is 0 Å². The summed E-state index contributed by atoms with van der Waals surface area (Å²) in [6.07, 6.45) is -0.612. The first-order valence-corrected chi connectivity index (χ1v) is 7.00. The van der Waals surface area contributed by atoms with Gasteiger partial charge in [0.15, 0.2) is 0 Å². The van der Waals surface area contributed by atoms with Crippen molar-refractivity contribution >= 4 is 0 Å². The predicted octanol–water partition coefficient (Wildman–Crippen LogP) is -0.471. The molecule has 2 atom stereocenters. The first-order valence-electron chi connectivity index (χ1n) is 7.00. The topological polar surface area (TPSA) is 120 Å². The molecular formula is C14H34O7. The molecule has 0 fully saturated rings. The van der Waals surface area contributed by atoms with Crippen molar-refractivity contribution < 1.29 is 35.0 Å². The lowest BCUT2D eigenvalue weighted by molar-refractivity contribution is -0.0177. The Morgan fingerprint density at radius 1 is 0.952 bits per heavy atom. The number of hydrogen-bond donors (Lipinski definition) is 5. The molecule has 0 aliphatic heterocycles. The Labute approximate surface area is 128 Å². The summed E-state index contributed by atoms with van der Waals surface area (Å²) in [4.78, 5) is 0. The van der Waals surface area contributed by atoms with Crippen LogP contribution >= 0.6 is 0 Å². The lowest BCUT2D eigenvalue weighted by Crippen LogP contribution is -2.19. The highest BCUT2D eigenvalue weighted by Gasteiger charge is 2.00. The highest BCUT2D eigenvalue weighted by atomic mass is 16.5. The molecule has 0 spiro atoms. The third-order valence-electron chi connectivity index (χ3n) is 1.35. The van der Waals surface area contributed by atoms with Gasteiger partial charge in [-0.25, -0.2) is 0 Å². The monoisotopic (exact) mass is 314 g/mol. The van der Waals surface area contributed by atoms with Gasteiger partial charge in [-0.15, -0.1) is 0 Å². The second-order valence-corrected chi connectivity index (χ2v) is 5.41. The molecule has 5 N–H and O–H groups in total. The van der Waals surface area contributed by atoms with Crippen LogP contribution in [0.15, 0.2) is 0 Å². The van der Waals surface area contributed by atoms with E-state index in [0.29, 0.717) is 19.8 Å². The zero-order valence-electron chi connectivity index (χ0n) is 13.9. The molecule has 0 aromatic carbocycles. The van der Waals surface area contributed by atoms with Crippen molar-refractivity contribution in [3.05, 3.63) is 0 Å². The third kappa shape index (κ3) is 53.9. The van der Waals surface area contributed by atoms with E-state index < -0.39 is 11.7 Å². The molecule has 7 heteroatoms. The van der Waals surface area contributed by atoms with Gasteiger partial charge in [-0.3, -0.25) is 0 Å². The summed E-state index contributed by atoms with van der Waals surface area (Å²) in [6, 6.07) is 0. The number of rotatable bonds is 8. The second-order valence-electron chi connectivity index (χ2n) is 5.41. The fraction of sp³-hybridized carbons (Fsp3) is 1.00. The lowest BCUT2D eigenvalue weighted by Gasteiger charge is -2.10. The Bertz CT molecular complexity index is 171. The van der Waals surface area contributed by atoms with E-state index in [2.05, 4.69) is 4.74 Å². The molecule has 0 radical (unpaired) electrons. The van der Waals surface area contributed by atoms with Crippen molar-refractivity contribution in [2.24, 2.45) is 0 Å². The number of ether oxygens (including phenoxy) is 2. The summed E-state index contributed by atoms with van der Waals surface area (Å²) in [5, 5.41) is 41.8. The van der Waals surface area contributed by atoms with Crippen LogP contribution in [0.3, 0.4) is 0 Å². The number of aliphatic hydroxyl groups is 5. The molecule has 0 aliphatic rings. The molecule has 132 valence electrons. The Morgan fingerprint density at radius 3 is 1.57 bits per heavy atom. The summed E-state index contributed by atoms with van der Waals surface area (Å²) in [6.45, 7) is 9.62. The van der Waals surface area contributed by atoms with Crippen molar-refractivity contribution in [2.75, 3.05) is 39.6 Å². The molecule has 0 saturated carbocycles. The largest absolute Gasteiger partial charge is 0.394 e. The van der Waals surface area contributed by atoms with Gasteiger partial charge in [0, 0.05) is 0 Å². The minimum absolute atomic E-state index is 0.00667. The van der Waals surface area contributed by atoms with Crippen molar-refractivity contribution in [1.82, 2.24) is 0 Å². The Balaban J connectivity index is -0.000000242. The third-order valence-corrected chi connectivity index (χ3v) is 1.35. The van der Waals surface area contributed by atoms with Crippen molar-refractivity contribution in [1.29, 1.82) is 0 Å². The van der Waals surface area contributed by atoms with Gasteiger partial charge in [0.25, 0.3) is 0 Å². The molecule has 0 saturated heterocycles. The van der Waals surface area contributed by atoms with E-state index in [1.807, 2.05) is 0 Å². The minimum atomic E-state index is -0.500. The zero-order chi connectivity index (χ0) is 17.3. The van der Waals surface area contributed by atoms with Gasteiger partial charge in [-0.2, -0.15) is 0 Å². The van der Waals surface area contributed by atoms with Crippen LogP contribution in [-0.4, -0.2) is 83.0 Å². The number of aliphatic hydroxyl groups excluding tert-OH is 4. The molecule has 21 heavy (non-hydrogen) atoms. The normalized spacial score (nSPS) is 13.4. The Morgan fingerprint density at radius 2 is 1.33 bits per heavy atom. The molecule has 0 aromatic heterocycles. The first-order chi connectivity index (χ1) is 9.58. The maximum absolute atomic E-state index is 8.69. The minimum Gasteiger partial charge on any atom is -0.394 e. The van der Waals surface area contributed by atoms with Crippen LogP contribution < -0.4 is 0 Å². The quantitative estimate of drug-likeness (QED) is 0.384. The molecule has 7 nitrogen and oxygen atoms in total. The highest BCUT2D eigenvalue weighted by Crippen LogP contribution is 1.93. The van der Waals surface area contributed by atoms with Crippen LogP contribution in [0.4, 0.5) is 0 Å². The van der Waals surface area contributed by atoms with Crippen molar-refractivity contribution in [3.8, 4) is 0 Å². The van der Waals surface area contributed by atoms with Crippen LogP contribution in [0.5, 0.6) is 0 Å². The lowest BCUT2D eigenvalue weighted by atomic mass is 10.2. The maximum atomic E-state index is 8.69. The van der Waals surface area contributed by atoms with Crippen LogP contribution in [0, 0.1) is 0 Å². The van der Waals surface area contributed by atoms with Crippen LogP contribution in [-0.2, 0) is 9.47 Å². The first kappa shape index (κ1) is 25.7. The van der Waals surface area contributed by atoms with Gasteiger partial charge in [0.05, 0.1) is 57.5 Å². The molecule has 0 amide bonds. The highest BCUT2D eigenvalue weighted by molar-refractivity contribution is 4.51. The van der Waals surface area contributed by atoms with Crippen LogP contribution in [0.25, 0.3) is 0 Å². The SMILES string of the molecule is CC(C)(C)O.CC(O)COC(C)CO.OCCOCCO. The molecule has 2 unspecified atom stereocenters.